The molecule has 25 heavy (non-hydrogen) atoms. The normalized spacial score (nSPS) is 26.3. The molecular weight excluding hydrogens is 331 g/mol. The summed E-state index contributed by atoms with van der Waals surface area (Å²) in [4.78, 5) is 24.7. The number of ether oxygens (including phenoxy) is 3. The average Bonchev–Trinajstić information content (AvgIpc) is 2.88. The first-order chi connectivity index (χ1) is 11.9. The van der Waals surface area contributed by atoms with E-state index in [4.69, 9.17) is 14.2 Å². The Bertz CT molecular complexity index is 713. The third kappa shape index (κ3) is 3.08. The number of aryl methyl sites for hydroxylation is 1. The van der Waals surface area contributed by atoms with Crippen LogP contribution < -0.4 is 10.1 Å². The van der Waals surface area contributed by atoms with E-state index in [1.54, 1.807) is 17.9 Å². The van der Waals surface area contributed by atoms with Crippen LogP contribution in [0.25, 0.3) is 0 Å². The van der Waals surface area contributed by atoms with E-state index in [1.165, 1.54) is 12.1 Å². The summed E-state index contributed by atoms with van der Waals surface area (Å²) in [7, 11) is 0. The van der Waals surface area contributed by atoms with E-state index in [0.29, 0.717) is 31.7 Å². The Hall–Kier alpha value is -2.51. The molecule has 0 atom stereocenters. The second kappa shape index (κ2) is 5.79. The minimum Gasteiger partial charge on any atom is -0.490 e. The maximum Gasteiger partial charge on any atom is 0.410 e. The molecule has 4 rings (SSSR count). The molecule has 7 nitrogen and oxygen atoms in total. The number of nitrogens with one attached hydrogen (secondary N) is 1. The van der Waals surface area contributed by atoms with Gasteiger partial charge in [-0.2, -0.15) is 0 Å². The third-order valence-electron chi connectivity index (χ3n) is 4.84. The minimum atomic E-state index is -0.443. The quantitative estimate of drug-likeness (QED) is 0.902. The van der Waals surface area contributed by atoms with E-state index in [9.17, 15) is 14.0 Å². The Morgan fingerprint density at radius 1 is 1.36 bits per heavy atom. The first-order valence-electron chi connectivity index (χ1n) is 8.26. The second-order valence-electron chi connectivity index (χ2n) is 6.96. The Morgan fingerprint density at radius 3 is 2.76 bits per heavy atom. The zero-order valence-corrected chi connectivity index (χ0v) is 13.8. The van der Waals surface area contributed by atoms with Crippen LogP contribution in [0.4, 0.5) is 14.0 Å². The van der Waals surface area contributed by atoms with Crippen LogP contribution in [-0.2, 0) is 9.47 Å². The van der Waals surface area contributed by atoms with E-state index in [-0.39, 0.29) is 30.7 Å². The highest BCUT2D eigenvalue weighted by atomic mass is 19.1. The smallest absolute Gasteiger partial charge is 0.410 e. The van der Waals surface area contributed by atoms with Crippen LogP contribution in [0.2, 0.25) is 0 Å². The summed E-state index contributed by atoms with van der Waals surface area (Å²) >= 11 is 0. The Kier molecular flexibility index (Phi) is 3.70. The molecule has 1 saturated carbocycles. The fraction of sp³-hybridized carbons (Fsp3) is 0.529. The summed E-state index contributed by atoms with van der Waals surface area (Å²) in [5.41, 5.74) is 0.300. The van der Waals surface area contributed by atoms with Crippen molar-refractivity contribution < 1.29 is 28.2 Å². The van der Waals surface area contributed by atoms with Crippen molar-refractivity contribution in [3.63, 3.8) is 0 Å². The molecule has 1 N–H and O–H groups in total. The summed E-state index contributed by atoms with van der Waals surface area (Å²) in [6.07, 6.45) is 0.190. The highest BCUT2D eigenvalue weighted by molar-refractivity contribution is 5.74. The number of hydrogen-bond acceptors (Lipinski definition) is 5. The lowest BCUT2D eigenvalue weighted by Crippen LogP contribution is -2.70. The number of halogens is 1. The summed E-state index contributed by atoms with van der Waals surface area (Å²) in [6, 6.07) is 4.40. The maximum atomic E-state index is 13.1. The fourth-order valence-electron chi connectivity index (χ4n) is 3.33. The molecule has 0 radical (unpaired) electrons. The van der Waals surface area contributed by atoms with Gasteiger partial charge in [0.05, 0.1) is 13.1 Å². The second-order valence-corrected chi connectivity index (χ2v) is 6.96. The molecule has 3 fully saturated rings. The largest absolute Gasteiger partial charge is 0.490 e. The molecule has 1 spiro atoms. The van der Waals surface area contributed by atoms with Crippen LogP contribution in [0.15, 0.2) is 18.2 Å². The monoisotopic (exact) mass is 350 g/mol. The van der Waals surface area contributed by atoms with Crippen LogP contribution in [0.1, 0.15) is 18.4 Å². The molecule has 2 heterocycles. The minimum absolute atomic E-state index is 0.0350. The number of alkyl carbamates (subject to hydrolysis) is 1. The molecule has 8 heteroatoms. The number of benzene rings is 1. The number of cyclic esters (lactones) is 1. The van der Waals surface area contributed by atoms with E-state index < -0.39 is 11.6 Å². The van der Waals surface area contributed by atoms with Crippen LogP contribution >= 0.6 is 0 Å². The highest BCUT2D eigenvalue weighted by Crippen LogP contribution is 2.32. The van der Waals surface area contributed by atoms with Crippen LogP contribution in [-0.4, -0.2) is 54.5 Å². The van der Waals surface area contributed by atoms with E-state index in [1.807, 2.05) is 0 Å². The van der Waals surface area contributed by atoms with Crippen molar-refractivity contribution >= 4 is 12.2 Å². The van der Waals surface area contributed by atoms with Gasteiger partial charge >= 0.3 is 12.2 Å². The van der Waals surface area contributed by atoms with Crippen LogP contribution in [0.5, 0.6) is 5.75 Å². The Balaban J connectivity index is 1.20. The van der Waals surface area contributed by atoms with E-state index in [0.717, 1.165) is 5.56 Å². The van der Waals surface area contributed by atoms with Gasteiger partial charge in [-0.25, -0.2) is 14.0 Å². The molecule has 1 aromatic rings. The van der Waals surface area contributed by atoms with Crippen molar-refractivity contribution in [2.24, 2.45) is 0 Å². The number of hydrogen-bond donors (Lipinski definition) is 1. The number of rotatable bonds is 3. The van der Waals surface area contributed by atoms with Gasteiger partial charge in [0, 0.05) is 12.8 Å². The number of nitrogens with zero attached hydrogens (tertiary/aromatic N) is 1. The summed E-state index contributed by atoms with van der Waals surface area (Å²) in [6.45, 7) is 2.88. The topological polar surface area (TPSA) is 77.1 Å². The van der Waals surface area contributed by atoms with Crippen LogP contribution in [0.3, 0.4) is 0 Å². The predicted molar refractivity (Wildman–Crippen MR) is 83.8 cm³/mol. The molecule has 134 valence electrons. The van der Waals surface area contributed by atoms with Gasteiger partial charge in [0.25, 0.3) is 0 Å². The lowest BCUT2D eigenvalue weighted by atomic mass is 9.91. The molecule has 1 aromatic carbocycles. The number of likely N-dealkylation sites (tertiary alicyclic amines) is 1. The van der Waals surface area contributed by atoms with Gasteiger partial charge in [0.15, 0.2) is 0 Å². The van der Waals surface area contributed by atoms with Crippen LogP contribution in [0, 0.1) is 12.7 Å². The van der Waals surface area contributed by atoms with Gasteiger partial charge in [-0.15, -0.1) is 0 Å². The van der Waals surface area contributed by atoms with Crippen molar-refractivity contribution in [2.75, 3.05) is 19.7 Å². The molecular formula is C17H19FN2O5. The zero-order valence-electron chi connectivity index (χ0n) is 13.8. The number of amides is 2. The van der Waals surface area contributed by atoms with Crippen molar-refractivity contribution in [1.29, 1.82) is 0 Å². The zero-order chi connectivity index (χ0) is 17.6. The summed E-state index contributed by atoms with van der Waals surface area (Å²) < 4.78 is 29.2. The molecule has 2 amide bonds. The van der Waals surface area contributed by atoms with E-state index >= 15 is 0 Å². The summed E-state index contributed by atoms with van der Waals surface area (Å²) in [5.74, 6) is 0.360. The standard InChI is InChI=1S/C17H19FN2O5/c1-10-4-11(18)2-3-14(10)24-12-5-13(6-12)25-16(22)20-7-17(8-20)9-23-15(21)19-17/h2-4,12-13H,5-9H2,1H3,(H,19,21)/t12-,13+. The molecule has 0 aromatic heterocycles. The maximum absolute atomic E-state index is 13.1. The lowest BCUT2D eigenvalue weighted by Gasteiger charge is -2.46. The molecule has 2 saturated heterocycles. The van der Waals surface area contributed by atoms with Gasteiger partial charge in [-0.1, -0.05) is 0 Å². The average molecular weight is 350 g/mol. The Labute approximate surface area is 144 Å². The van der Waals surface area contributed by atoms with Crippen molar-refractivity contribution in [3.8, 4) is 5.75 Å². The molecule has 2 aliphatic heterocycles. The lowest BCUT2D eigenvalue weighted by molar-refractivity contribution is -0.0502. The Morgan fingerprint density at radius 2 is 2.12 bits per heavy atom. The van der Waals surface area contributed by atoms with Crippen molar-refractivity contribution in [2.45, 2.75) is 37.5 Å². The first-order valence-corrected chi connectivity index (χ1v) is 8.26. The first kappa shape index (κ1) is 16.0. The van der Waals surface area contributed by atoms with Gasteiger partial charge < -0.3 is 24.4 Å². The molecule has 0 unspecified atom stereocenters. The molecule has 0 bridgehead atoms. The van der Waals surface area contributed by atoms with Crippen molar-refractivity contribution in [3.05, 3.63) is 29.6 Å². The van der Waals surface area contributed by atoms with Gasteiger partial charge in [0.2, 0.25) is 0 Å². The summed E-state index contributed by atoms with van der Waals surface area (Å²) in [5, 5.41) is 2.72. The number of carbonyl (C=O) groups excluding carboxylic acids is 2. The van der Waals surface area contributed by atoms with Gasteiger partial charge in [-0.05, 0) is 30.7 Å². The van der Waals surface area contributed by atoms with Gasteiger partial charge in [-0.3, -0.25) is 0 Å². The predicted octanol–water partition coefficient (Wildman–Crippen LogP) is 1.97. The van der Waals surface area contributed by atoms with Gasteiger partial charge in [0.1, 0.15) is 35.9 Å². The molecule has 3 aliphatic rings. The molecule has 1 aliphatic carbocycles. The highest BCUT2D eigenvalue weighted by Gasteiger charge is 2.52. The third-order valence-corrected chi connectivity index (χ3v) is 4.84. The SMILES string of the molecule is Cc1cc(F)ccc1O[C@H]1C[C@@H](OC(=O)N2CC3(COC(=O)N3)C2)C1. The number of carbonyl (C=O) groups is 2. The fourth-order valence-corrected chi connectivity index (χ4v) is 3.33. The van der Waals surface area contributed by atoms with E-state index in [2.05, 4.69) is 5.32 Å². The van der Waals surface area contributed by atoms with Crippen molar-refractivity contribution in [1.82, 2.24) is 10.2 Å².